The zero-order valence-electron chi connectivity index (χ0n) is 10.4. The summed E-state index contributed by atoms with van der Waals surface area (Å²) in [5.41, 5.74) is 2.75. The maximum absolute atomic E-state index is 9.07. The van der Waals surface area contributed by atoms with Gasteiger partial charge in [0.05, 0.1) is 12.9 Å². The Morgan fingerprint density at radius 3 is 2.74 bits per heavy atom. The first-order valence-electron chi connectivity index (χ1n) is 5.91. The molecule has 2 aromatic heterocycles. The van der Waals surface area contributed by atoms with E-state index in [0.29, 0.717) is 29.2 Å². The van der Waals surface area contributed by atoms with Crippen LogP contribution in [0.4, 0.5) is 0 Å². The third-order valence-corrected chi connectivity index (χ3v) is 2.88. The Hall–Kier alpha value is -2.74. The average molecular weight is 249 g/mol. The van der Waals surface area contributed by atoms with Crippen molar-refractivity contribution in [2.24, 2.45) is 0 Å². The molecule has 0 unspecified atom stereocenters. The first-order chi connectivity index (χ1) is 9.28. The molecule has 0 amide bonds. The summed E-state index contributed by atoms with van der Waals surface area (Å²) < 4.78 is 1.93. The van der Waals surface area contributed by atoms with E-state index < -0.39 is 0 Å². The zero-order chi connectivity index (χ0) is 13.2. The molecule has 0 bridgehead atoms. The Labute approximate surface area is 110 Å². The number of aryl methyl sites for hydroxylation is 1. The normalized spacial score (nSPS) is 10.5. The van der Waals surface area contributed by atoms with Gasteiger partial charge in [-0.1, -0.05) is 30.3 Å². The zero-order valence-corrected chi connectivity index (χ0v) is 10.4. The van der Waals surface area contributed by atoms with E-state index in [0.717, 1.165) is 5.56 Å². The van der Waals surface area contributed by atoms with Gasteiger partial charge in [0.25, 0.3) is 0 Å². The Morgan fingerprint density at radius 2 is 2.00 bits per heavy atom. The molecule has 3 aromatic rings. The van der Waals surface area contributed by atoms with E-state index in [9.17, 15) is 0 Å². The summed E-state index contributed by atoms with van der Waals surface area (Å²) in [6.07, 6.45) is 1.70. The van der Waals surface area contributed by atoms with Gasteiger partial charge in [-0.05, 0) is 12.5 Å². The summed E-state index contributed by atoms with van der Waals surface area (Å²) in [7, 11) is 0. The van der Waals surface area contributed by atoms with Crippen LogP contribution in [0.15, 0.2) is 36.7 Å². The van der Waals surface area contributed by atoms with Crippen LogP contribution in [0.3, 0.4) is 0 Å². The number of imidazole rings is 1. The summed E-state index contributed by atoms with van der Waals surface area (Å²) in [5, 5.41) is 9.07. The molecule has 92 valence electrons. The molecule has 0 N–H and O–H groups in total. The van der Waals surface area contributed by atoms with Crippen molar-refractivity contribution >= 4 is 11.2 Å². The largest absolute Gasteiger partial charge is 0.311 e. The minimum absolute atomic E-state index is 0.328. The van der Waals surface area contributed by atoms with Crippen LogP contribution in [0.1, 0.15) is 17.1 Å². The monoisotopic (exact) mass is 249 g/mol. The molecule has 0 aliphatic carbocycles. The van der Waals surface area contributed by atoms with Gasteiger partial charge < -0.3 is 4.57 Å². The van der Waals surface area contributed by atoms with Crippen LogP contribution in [0.25, 0.3) is 11.2 Å². The lowest BCUT2D eigenvalue weighted by Gasteiger charge is -2.04. The standard InChI is InChI=1S/C14H11N5/c1-10-17-12(7-15)13-14(18-10)19(9-16-13)8-11-5-3-2-4-6-11/h2-6,9H,8H2,1H3. The second kappa shape index (κ2) is 4.50. The molecule has 0 atom stereocenters. The molecule has 19 heavy (non-hydrogen) atoms. The van der Waals surface area contributed by atoms with Crippen molar-refractivity contribution in [3.05, 3.63) is 53.7 Å². The number of hydrogen-bond acceptors (Lipinski definition) is 4. The number of benzene rings is 1. The van der Waals surface area contributed by atoms with E-state index in [1.807, 2.05) is 34.9 Å². The molecule has 3 rings (SSSR count). The second-order valence-electron chi connectivity index (χ2n) is 4.26. The average Bonchev–Trinajstić information content (AvgIpc) is 2.82. The van der Waals surface area contributed by atoms with Crippen LogP contribution in [0, 0.1) is 18.3 Å². The minimum atomic E-state index is 0.328. The molecule has 2 heterocycles. The molecule has 0 saturated heterocycles. The fourth-order valence-electron chi connectivity index (χ4n) is 2.03. The lowest BCUT2D eigenvalue weighted by Crippen LogP contribution is -2.01. The third-order valence-electron chi connectivity index (χ3n) is 2.88. The van der Waals surface area contributed by atoms with Crippen LogP contribution < -0.4 is 0 Å². The molecule has 0 spiro atoms. The highest BCUT2D eigenvalue weighted by Crippen LogP contribution is 2.15. The van der Waals surface area contributed by atoms with Crippen LogP contribution >= 0.6 is 0 Å². The number of aromatic nitrogens is 4. The van der Waals surface area contributed by atoms with Crippen LogP contribution in [0.5, 0.6) is 0 Å². The molecule has 0 radical (unpaired) electrons. The Bertz CT molecular complexity index is 768. The van der Waals surface area contributed by atoms with Crippen molar-refractivity contribution in [3.63, 3.8) is 0 Å². The quantitative estimate of drug-likeness (QED) is 0.697. The third kappa shape index (κ3) is 2.04. The van der Waals surface area contributed by atoms with Crippen molar-refractivity contribution in [2.75, 3.05) is 0 Å². The van der Waals surface area contributed by atoms with Crippen molar-refractivity contribution in [1.29, 1.82) is 5.26 Å². The molecule has 0 fully saturated rings. The number of nitrogens with zero attached hydrogens (tertiary/aromatic N) is 5. The number of rotatable bonds is 2. The molecular weight excluding hydrogens is 238 g/mol. The molecule has 5 nitrogen and oxygen atoms in total. The van der Waals surface area contributed by atoms with Gasteiger partial charge in [-0.15, -0.1) is 0 Å². The Morgan fingerprint density at radius 1 is 1.21 bits per heavy atom. The highest BCUT2D eigenvalue weighted by atomic mass is 15.1. The first-order valence-corrected chi connectivity index (χ1v) is 5.91. The van der Waals surface area contributed by atoms with Gasteiger partial charge in [0.1, 0.15) is 17.4 Å². The van der Waals surface area contributed by atoms with E-state index in [1.54, 1.807) is 13.3 Å². The van der Waals surface area contributed by atoms with E-state index in [4.69, 9.17) is 5.26 Å². The molecule has 0 aliphatic heterocycles. The van der Waals surface area contributed by atoms with Gasteiger partial charge >= 0.3 is 0 Å². The second-order valence-corrected chi connectivity index (χ2v) is 4.26. The molecule has 0 aliphatic rings. The van der Waals surface area contributed by atoms with Crippen LogP contribution in [-0.2, 0) is 6.54 Å². The fraction of sp³-hybridized carbons (Fsp3) is 0.143. The SMILES string of the molecule is Cc1nc(C#N)c2ncn(Cc3ccccc3)c2n1. The first kappa shape index (κ1) is 11.4. The molecule has 0 saturated carbocycles. The van der Waals surface area contributed by atoms with Crippen molar-refractivity contribution < 1.29 is 0 Å². The van der Waals surface area contributed by atoms with Crippen LogP contribution in [-0.4, -0.2) is 19.5 Å². The predicted octanol–water partition coefficient (Wildman–Crippen LogP) is 2.05. The summed E-state index contributed by atoms with van der Waals surface area (Å²) in [4.78, 5) is 12.7. The molecule has 5 heteroatoms. The topological polar surface area (TPSA) is 67.4 Å². The van der Waals surface area contributed by atoms with Gasteiger partial charge in [-0.25, -0.2) is 15.0 Å². The highest BCUT2D eigenvalue weighted by Gasteiger charge is 2.11. The Kier molecular flexibility index (Phi) is 2.69. The molecule has 1 aromatic carbocycles. The Balaban J connectivity index is 2.11. The van der Waals surface area contributed by atoms with Gasteiger partial charge in [0.15, 0.2) is 11.3 Å². The van der Waals surface area contributed by atoms with Crippen molar-refractivity contribution in [1.82, 2.24) is 19.5 Å². The smallest absolute Gasteiger partial charge is 0.172 e. The summed E-state index contributed by atoms with van der Waals surface area (Å²) in [6, 6.07) is 12.1. The fourth-order valence-corrected chi connectivity index (χ4v) is 2.03. The van der Waals surface area contributed by atoms with E-state index in [1.165, 1.54) is 0 Å². The number of hydrogen-bond donors (Lipinski definition) is 0. The van der Waals surface area contributed by atoms with Crippen molar-refractivity contribution in [3.8, 4) is 6.07 Å². The lowest BCUT2D eigenvalue weighted by atomic mass is 10.2. The van der Waals surface area contributed by atoms with E-state index >= 15 is 0 Å². The van der Waals surface area contributed by atoms with E-state index in [-0.39, 0.29) is 0 Å². The van der Waals surface area contributed by atoms with Gasteiger partial charge in [-0.3, -0.25) is 0 Å². The summed E-state index contributed by atoms with van der Waals surface area (Å²) in [5.74, 6) is 0.582. The maximum atomic E-state index is 9.07. The van der Waals surface area contributed by atoms with Gasteiger partial charge in [0.2, 0.25) is 0 Å². The summed E-state index contributed by atoms with van der Waals surface area (Å²) in [6.45, 7) is 2.46. The number of fused-ring (bicyclic) bond motifs is 1. The lowest BCUT2D eigenvalue weighted by molar-refractivity contribution is 0.810. The summed E-state index contributed by atoms with van der Waals surface area (Å²) >= 11 is 0. The highest BCUT2D eigenvalue weighted by molar-refractivity contribution is 5.76. The van der Waals surface area contributed by atoms with Gasteiger partial charge in [-0.2, -0.15) is 5.26 Å². The van der Waals surface area contributed by atoms with Crippen molar-refractivity contribution in [2.45, 2.75) is 13.5 Å². The predicted molar refractivity (Wildman–Crippen MR) is 70.3 cm³/mol. The minimum Gasteiger partial charge on any atom is -0.311 e. The van der Waals surface area contributed by atoms with E-state index in [2.05, 4.69) is 21.0 Å². The van der Waals surface area contributed by atoms with Gasteiger partial charge in [0, 0.05) is 0 Å². The molecular formula is C14H11N5. The maximum Gasteiger partial charge on any atom is 0.172 e. The van der Waals surface area contributed by atoms with Crippen LogP contribution in [0.2, 0.25) is 0 Å². The number of nitriles is 1.